The fourth-order valence-corrected chi connectivity index (χ4v) is 1.32. The van der Waals surface area contributed by atoms with Crippen molar-refractivity contribution in [3.05, 3.63) is 38.2 Å². The summed E-state index contributed by atoms with van der Waals surface area (Å²) in [6, 6.07) is 0. The summed E-state index contributed by atoms with van der Waals surface area (Å²) < 4.78 is 2.23. The molecular weight excluding hydrogens is 212 g/mol. The number of aliphatic carboxylic acids is 1. The summed E-state index contributed by atoms with van der Waals surface area (Å²) in [7, 11) is 2.87. The topological polar surface area (TPSA) is 81.3 Å². The molecule has 0 aliphatic heterocycles. The van der Waals surface area contributed by atoms with Gasteiger partial charge in [0.1, 0.15) is 0 Å². The molecular formula is C10H12N2O4. The zero-order valence-corrected chi connectivity index (χ0v) is 9.22. The molecule has 0 saturated carbocycles. The molecule has 0 spiro atoms. The fourth-order valence-electron chi connectivity index (χ4n) is 1.32. The second-order valence-electron chi connectivity index (χ2n) is 3.38. The molecule has 0 aromatic carbocycles. The quantitative estimate of drug-likeness (QED) is 0.686. The van der Waals surface area contributed by atoms with Crippen LogP contribution in [0.15, 0.2) is 15.7 Å². The van der Waals surface area contributed by atoms with Gasteiger partial charge in [-0.25, -0.2) is 9.59 Å². The van der Waals surface area contributed by atoms with E-state index in [0.717, 1.165) is 10.6 Å². The van der Waals surface area contributed by atoms with Crippen LogP contribution in [-0.2, 0) is 18.9 Å². The molecule has 1 N–H and O–H groups in total. The Kier molecular flexibility index (Phi) is 3.12. The first-order chi connectivity index (χ1) is 7.36. The smallest absolute Gasteiger partial charge is 0.330 e. The van der Waals surface area contributed by atoms with Crippen LogP contribution in [0.3, 0.4) is 0 Å². The zero-order valence-electron chi connectivity index (χ0n) is 9.22. The van der Waals surface area contributed by atoms with E-state index in [1.54, 1.807) is 6.92 Å². The first kappa shape index (κ1) is 12.0. The van der Waals surface area contributed by atoms with Crippen molar-refractivity contribution in [3.63, 3.8) is 0 Å². The van der Waals surface area contributed by atoms with Crippen molar-refractivity contribution >= 4 is 12.0 Å². The Morgan fingerprint density at radius 3 is 2.31 bits per heavy atom. The predicted octanol–water partition coefficient (Wildman–Crippen LogP) is -0.510. The summed E-state index contributed by atoms with van der Waals surface area (Å²) >= 11 is 0. The van der Waals surface area contributed by atoms with Crippen LogP contribution in [0.4, 0.5) is 0 Å². The minimum absolute atomic E-state index is 0.201. The summed E-state index contributed by atoms with van der Waals surface area (Å²) in [5, 5.41) is 8.49. The van der Waals surface area contributed by atoms with Crippen molar-refractivity contribution in [1.29, 1.82) is 0 Å². The molecule has 0 unspecified atom stereocenters. The average molecular weight is 224 g/mol. The van der Waals surface area contributed by atoms with Crippen molar-refractivity contribution < 1.29 is 9.90 Å². The number of carbonyl (C=O) groups is 1. The number of carboxylic acid groups (broad SMARTS) is 1. The van der Waals surface area contributed by atoms with Crippen molar-refractivity contribution in [3.8, 4) is 0 Å². The molecule has 0 aliphatic carbocycles. The Bertz CT molecular complexity index is 578. The molecule has 0 atom stereocenters. The van der Waals surface area contributed by atoms with E-state index in [1.807, 2.05) is 0 Å². The van der Waals surface area contributed by atoms with Crippen LogP contribution in [0.1, 0.15) is 11.3 Å². The van der Waals surface area contributed by atoms with Crippen LogP contribution in [0, 0.1) is 6.92 Å². The van der Waals surface area contributed by atoms with E-state index in [9.17, 15) is 14.4 Å². The van der Waals surface area contributed by atoms with Crippen molar-refractivity contribution in [2.24, 2.45) is 14.1 Å². The van der Waals surface area contributed by atoms with Crippen LogP contribution < -0.4 is 11.2 Å². The number of hydrogen-bond acceptors (Lipinski definition) is 3. The molecule has 0 radical (unpaired) electrons. The highest BCUT2D eigenvalue weighted by Crippen LogP contribution is 2.00. The van der Waals surface area contributed by atoms with E-state index >= 15 is 0 Å². The van der Waals surface area contributed by atoms with E-state index in [1.165, 1.54) is 24.7 Å². The Balaban J connectivity index is 3.59. The van der Waals surface area contributed by atoms with Crippen LogP contribution in [0.5, 0.6) is 0 Å². The van der Waals surface area contributed by atoms with Gasteiger partial charge < -0.3 is 9.67 Å². The normalized spacial score (nSPS) is 10.9. The van der Waals surface area contributed by atoms with E-state index in [0.29, 0.717) is 5.69 Å². The number of carboxylic acids is 1. The molecule has 1 rings (SSSR count). The Morgan fingerprint density at radius 2 is 1.81 bits per heavy atom. The lowest BCUT2D eigenvalue weighted by Gasteiger charge is -2.08. The lowest BCUT2D eigenvalue weighted by molar-refractivity contribution is -0.131. The van der Waals surface area contributed by atoms with Crippen molar-refractivity contribution in [2.45, 2.75) is 6.92 Å². The lowest BCUT2D eigenvalue weighted by Crippen LogP contribution is -2.39. The summed E-state index contributed by atoms with van der Waals surface area (Å²) in [5.74, 6) is -1.14. The van der Waals surface area contributed by atoms with Crippen LogP contribution >= 0.6 is 0 Å². The molecule has 6 nitrogen and oxygen atoms in total. The highest BCUT2D eigenvalue weighted by atomic mass is 16.4. The van der Waals surface area contributed by atoms with Gasteiger partial charge in [-0.2, -0.15) is 0 Å². The maximum Gasteiger partial charge on any atom is 0.330 e. The minimum Gasteiger partial charge on any atom is -0.478 e. The number of nitrogens with zero attached hydrogens (tertiary/aromatic N) is 2. The number of rotatable bonds is 2. The Hall–Kier alpha value is -2.11. The van der Waals surface area contributed by atoms with Crippen molar-refractivity contribution in [2.75, 3.05) is 0 Å². The largest absolute Gasteiger partial charge is 0.478 e. The third-order valence-corrected chi connectivity index (χ3v) is 2.39. The minimum atomic E-state index is -1.14. The second kappa shape index (κ2) is 4.18. The highest BCUT2D eigenvalue weighted by molar-refractivity contribution is 5.85. The van der Waals surface area contributed by atoms with E-state index in [4.69, 9.17) is 5.11 Å². The van der Waals surface area contributed by atoms with Crippen LogP contribution in [0.2, 0.25) is 0 Å². The van der Waals surface area contributed by atoms with Gasteiger partial charge >= 0.3 is 11.7 Å². The molecule has 0 bridgehead atoms. The zero-order chi connectivity index (χ0) is 12.5. The van der Waals surface area contributed by atoms with Gasteiger partial charge in [0.25, 0.3) is 5.56 Å². The van der Waals surface area contributed by atoms with Gasteiger partial charge in [-0.3, -0.25) is 9.36 Å². The number of aromatic nitrogens is 2. The maximum absolute atomic E-state index is 11.7. The SMILES string of the molecule is Cc1c(/C=C/C(=O)O)c(=O)n(C)c(=O)n1C. The van der Waals surface area contributed by atoms with E-state index < -0.39 is 17.2 Å². The first-order valence-electron chi connectivity index (χ1n) is 4.54. The van der Waals surface area contributed by atoms with Crippen LogP contribution in [-0.4, -0.2) is 20.2 Å². The van der Waals surface area contributed by atoms with E-state index in [-0.39, 0.29) is 5.56 Å². The third kappa shape index (κ3) is 1.95. The fraction of sp³-hybridized carbons (Fsp3) is 0.300. The monoisotopic (exact) mass is 224 g/mol. The predicted molar refractivity (Wildman–Crippen MR) is 58.3 cm³/mol. The summed E-state index contributed by atoms with van der Waals surface area (Å²) in [6.07, 6.45) is 2.06. The summed E-state index contributed by atoms with van der Waals surface area (Å²) in [6.45, 7) is 1.59. The molecule has 0 saturated heterocycles. The third-order valence-electron chi connectivity index (χ3n) is 2.39. The van der Waals surface area contributed by atoms with Gasteiger partial charge in [-0.15, -0.1) is 0 Å². The Morgan fingerprint density at radius 1 is 1.25 bits per heavy atom. The standard InChI is InChI=1S/C10H12N2O4/c1-6-7(4-5-8(13)14)9(15)12(3)10(16)11(6)2/h4-5H,1-3H3,(H,13,14)/b5-4+. The molecule has 6 heteroatoms. The molecule has 86 valence electrons. The van der Waals surface area contributed by atoms with E-state index in [2.05, 4.69) is 0 Å². The van der Waals surface area contributed by atoms with Gasteiger partial charge in [-0.05, 0) is 13.0 Å². The summed E-state index contributed by atoms with van der Waals surface area (Å²) in [4.78, 5) is 33.5. The highest BCUT2D eigenvalue weighted by Gasteiger charge is 2.09. The maximum atomic E-state index is 11.7. The molecule has 0 fully saturated rings. The molecule has 1 heterocycles. The number of hydrogen-bond donors (Lipinski definition) is 1. The van der Waals surface area contributed by atoms with Gasteiger partial charge in [-0.1, -0.05) is 0 Å². The molecule has 0 aliphatic rings. The van der Waals surface area contributed by atoms with Gasteiger partial charge in [0, 0.05) is 25.9 Å². The first-order valence-corrected chi connectivity index (χ1v) is 4.54. The second-order valence-corrected chi connectivity index (χ2v) is 3.38. The van der Waals surface area contributed by atoms with Crippen LogP contribution in [0.25, 0.3) is 6.08 Å². The lowest BCUT2D eigenvalue weighted by atomic mass is 10.2. The molecule has 1 aromatic heterocycles. The molecule has 0 amide bonds. The molecule has 16 heavy (non-hydrogen) atoms. The van der Waals surface area contributed by atoms with Gasteiger partial charge in [0.15, 0.2) is 0 Å². The average Bonchev–Trinajstić information content (AvgIpc) is 2.23. The Labute approximate surface area is 91.1 Å². The molecule has 1 aromatic rings. The van der Waals surface area contributed by atoms with Gasteiger partial charge in [0.05, 0.1) is 5.56 Å². The van der Waals surface area contributed by atoms with Crippen molar-refractivity contribution in [1.82, 2.24) is 9.13 Å². The van der Waals surface area contributed by atoms with Gasteiger partial charge in [0.2, 0.25) is 0 Å². The summed E-state index contributed by atoms with van der Waals surface area (Å²) in [5.41, 5.74) is -0.300.